The number of para-hydroxylation sites is 2. The molecule has 0 amide bonds. The molecular weight excluding hydrogens is 560 g/mol. The van der Waals surface area contributed by atoms with Crippen LogP contribution in [0.2, 0.25) is 0 Å². The minimum absolute atomic E-state index is 0.772. The maximum Gasteiger partial charge on any atom is 0.143 e. The lowest BCUT2D eigenvalue weighted by atomic mass is 9.91. The SMILES string of the molecule is C1=Cc2ccc(Oc3c4ccccc4c(-c4ccc5ccccc5c4)c4cnccc34)cc2N(c2ccccc2)c2ccccc21. The Morgan fingerprint density at radius 3 is 2.11 bits per heavy atom. The summed E-state index contributed by atoms with van der Waals surface area (Å²) in [5.74, 6) is 1.60. The van der Waals surface area contributed by atoms with Gasteiger partial charge in [0.2, 0.25) is 0 Å². The summed E-state index contributed by atoms with van der Waals surface area (Å²) >= 11 is 0. The first kappa shape index (κ1) is 26.2. The van der Waals surface area contributed by atoms with Crippen molar-refractivity contribution in [1.29, 1.82) is 0 Å². The van der Waals surface area contributed by atoms with Gasteiger partial charge in [-0.1, -0.05) is 109 Å². The van der Waals surface area contributed by atoms with Crippen LogP contribution in [0.25, 0.3) is 55.6 Å². The molecule has 0 bridgehead atoms. The molecule has 3 nitrogen and oxygen atoms in total. The van der Waals surface area contributed by atoms with Crippen molar-refractivity contribution >= 4 is 61.5 Å². The third-order valence-corrected chi connectivity index (χ3v) is 8.91. The van der Waals surface area contributed by atoms with Crippen LogP contribution in [0.4, 0.5) is 17.1 Å². The van der Waals surface area contributed by atoms with Crippen LogP contribution in [0, 0.1) is 0 Å². The Hall–Kier alpha value is -6.19. The highest BCUT2D eigenvalue weighted by molar-refractivity contribution is 6.17. The van der Waals surface area contributed by atoms with E-state index in [4.69, 9.17) is 4.74 Å². The Bertz CT molecular complexity index is 2410. The molecule has 2 heterocycles. The molecule has 0 fully saturated rings. The Morgan fingerprint density at radius 2 is 1.22 bits per heavy atom. The minimum atomic E-state index is 0.772. The van der Waals surface area contributed by atoms with Gasteiger partial charge in [-0.25, -0.2) is 0 Å². The Morgan fingerprint density at radius 1 is 0.500 bits per heavy atom. The molecule has 0 spiro atoms. The molecule has 8 aromatic rings. The number of rotatable bonds is 4. The van der Waals surface area contributed by atoms with E-state index in [1.807, 2.05) is 12.4 Å². The number of pyridine rings is 1. The first-order valence-electron chi connectivity index (χ1n) is 15.5. The van der Waals surface area contributed by atoms with E-state index in [0.29, 0.717) is 0 Å². The van der Waals surface area contributed by atoms with Crippen molar-refractivity contribution in [2.75, 3.05) is 4.90 Å². The maximum absolute atomic E-state index is 6.97. The summed E-state index contributed by atoms with van der Waals surface area (Å²) in [6, 6.07) is 51.2. The molecule has 0 aliphatic carbocycles. The highest BCUT2D eigenvalue weighted by Gasteiger charge is 2.22. The first-order valence-corrected chi connectivity index (χ1v) is 15.5. The molecule has 1 aliphatic rings. The number of hydrogen-bond donors (Lipinski definition) is 0. The van der Waals surface area contributed by atoms with Crippen molar-refractivity contribution in [3.8, 4) is 22.6 Å². The van der Waals surface area contributed by atoms with Gasteiger partial charge in [0, 0.05) is 40.3 Å². The zero-order valence-corrected chi connectivity index (χ0v) is 25.0. The fraction of sp³-hybridized carbons (Fsp3) is 0. The van der Waals surface area contributed by atoms with Gasteiger partial charge in [0.25, 0.3) is 0 Å². The number of fused-ring (bicyclic) bond motifs is 5. The van der Waals surface area contributed by atoms with Crippen LogP contribution in [0.15, 0.2) is 158 Å². The van der Waals surface area contributed by atoms with Crippen LogP contribution in [-0.2, 0) is 0 Å². The molecule has 0 radical (unpaired) electrons. The molecule has 0 unspecified atom stereocenters. The average Bonchev–Trinajstić information content (AvgIpc) is 3.28. The van der Waals surface area contributed by atoms with Crippen molar-refractivity contribution in [1.82, 2.24) is 4.98 Å². The third-order valence-electron chi connectivity index (χ3n) is 8.91. The van der Waals surface area contributed by atoms with Crippen LogP contribution >= 0.6 is 0 Å². The van der Waals surface area contributed by atoms with Gasteiger partial charge in [-0.2, -0.15) is 0 Å². The molecule has 216 valence electrons. The third kappa shape index (κ3) is 4.33. The van der Waals surface area contributed by atoms with Crippen LogP contribution < -0.4 is 9.64 Å². The molecule has 0 N–H and O–H groups in total. The lowest BCUT2D eigenvalue weighted by molar-refractivity contribution is 0.494. The molecule has 1 aliphatic heterocycles. The van der Waals surface area contributed by atoms with Gasteiger partial charge in [0.1, 0.15) is 11.5 Å². The number of benzene rings is 7. The maximum atomic E-state index is 6.97. The van der Waals surface area contributed by atoms with E-state index in [1.54, 1.807) is 0 Å². The summed E-state index contributed by atoms with van der Waals surface area (Å²) in [6.45, 7) is 0. The molecule has 1 aromatic heterocycles. The number of nitrogens with zero attached hydrogens (tertiary/aromatic N) is 2. The molecular formula is C43H28N2O. The van der Waals surface area contributed by atoms with Gasteiger partial charge in [-0.05, 0) is 80.9 Å². The Balaban J connectivity index is 1.23. The molecule has 0 saturated heterocycles. The van der Waals surface area contributed by atoms with E-state index in [1.165, 1.54) is 16.3 Å². The predicted octanol–water partition coefficient (Wildman–Crippen LogP) is 12.0. The van der Waals surface area contributed by atoms with Crippen molar-refractivity contribution in [2.24, 2.45) is 0 Å². The minimum Gasteiger partial charge on any atom is -0.456 e. The van der Waals surface area contributed by atoms with E-state index >= 15 is 0 Å². The molecule has 0 atom stereocenters. The number of hydrogen-bond acceptors (Lipinski definition) is 3. The second-order valence-electron chi connectivity index (χ2n) is 11.6. The second-order valence-corrected chi connectivity index (χ2v) is 11.6. The monoisotopic (exact) mass is 588 g/mol. The van der Waals surface area contributed by atoms with Crippen LogP contribution in [0.5, 0.6) is 11.5 Å². The molecule has 46 heavy (non-hydrogen) atoms. The van der Waals surface area contributed by atoms with Crippen LogP contribution in [-0.4, -0.2) is 4.98 Å². The number of aromatic nitrogens is 1. The average molecular weight is 589 g/mol. The van der Waals surface area contributed by atoms with E-state index in [2.05, 4.69) is 168 Å². The smallest absolute Gasteiger partial charge is 0.143 e. The van der Waals surface area contributed by atoms with Crippen molar-refractivity contribution in [2.45, 2.75) is 0 Å². The van der Waals surface area contributed by atoms with Crippen molar-refractivity contribution in [3.63, 3.8) is 0 Å². The standard InChI is InChI=1S/C43H28N2O/c1-2-13-34(14-3-1)45-40-17-9-6-11-30(40)19-20-31-22-23-35(27-41(31)45)46-43-37-16-8-7-15-36(37)42(39-28-44-25-24-38(39)43)33-21-18-29-10-4-5-12-32(29)26-33/h1-28H. The fourth-order valence-corrected chi connectivity index (χ4v) is 6.78. The topological polar surface area (TPSA) is 25.4 Å². The lowest BCUT2D eigenvalue weighted by Gasteiger charge is -2.27. The zero-order valence-electron chi connectivity index (χ0n) is 25.0. The van der Waals surface area contributed by atoms with Crippen LogP contribution in [0.1, 0.15) is 11.1 Å². The Labute approximate surface area is 267 Å². The fourth-order valence-electron chi connectivity index (χ4n) is 6.78. The normalized spacial score (nSPS) is 12.2. The van der Waals surface area contributed by atoms with Gasteiger partial charge < -0.3 is 9.64 Å². The number of ether oxygens (including phenoxy) is 1. The van der Waals surface area contributed by atoms with Crippen molar-refractivity contribution in [3.05, 3.63) is 169 Å². The van der Waals surface area contributed by atoms with Crippen molar-refractivity contribution < 1.29 is 4.74 Å². The molecule has 7 aromatic carbocycles. The zero-order chi connectivity index (χ0) is 30.5. The lowest BCUT2D eigenvalue weighted by Crippen LogP contribution is -2.11. The summed E-state index contributed by atoms with van der Waals surface area (Å²) in [6.07, 6.45) is 8.20. The highest BCUT2D eigenvalue weighted by atomic mass is 16.5. The summed E-state index contributed by atoms with van der Waals surface area (Å²) in [5.41, 5.74) is 7.90. The largest absolute Gasteiger partial charge is 0.456 e. The van der Waals surface area contributed by atoms with E-state index in [-0.39, 0.29) is 0 Å². The van der Waals surface area contributed by atoms with Gasteiger partial charge in [0.05, 0.1) is 11.4 Å². The predicted molar refractivity (Wildman–Crippen MR) is 192 cm³/mol. The molecule has 9 rings (SSSR count). The summed E-state index contributed by atoms with van der Waals surface area (Å²) in [4.78, 5) is 6.90. The first-order chi connectivity index (χ1) is 22.8. The summed E-state index contributed by atoms with van der Waals surface area (Å²) in [7, 11) is 0. The highest BCUT2D eigenvalue weighted by Crippen LogP contribution is 2.47. The summed E-state index contributed by atoms with van der Waals surface area (Å²) < 4.78 is 6.97. The molecule has 3 heteroatoms. The Kier molecular flexibility index (Phi) is 6.14. The van der Waals surface area contributed by atoms with Gasteiger partial charge in [-0.3, -0.25) is 4.98 Å². The molecule has 0 saturated carbocycles. The van der Waals surface area contributed by atoms with E-state index in [9.17, 15) is 0 Å². The van der Waals surface area contributed by atoms with Crippen LogP contribution in [0.3, 0.4) is 0 Å². The van der Waals surface area contributed by atoms with E-state index < -0.39 is 0 Å². The van der Waals surface area contributed by atoms with Gasteiger partial charge >= 0.3 is 0 Å². The number of anilines is 3. The summed E-state index contributed by atoms with van der Waals surface area (Å²) in [5, 5.41) is 6.71. The van der Waals surface area contributed by atoms with Gasteiger partial charge in [-0.15, -0.1) is 0 Å². The van der Waals surface area contributed by atoms with Gasteiger partial charge in [0.15, 0.2) is 0 Å². The van der Waals surface area contributed by atoms with E-state index in [0.717, 1.165) is 66.8 Å². The quantitative estimate of drug-likeness (QED) is 0.191. The second kappa shape index (κ2) is 10.8.